The quantitative estimate of drug-likeness (QED) is 0.796. The standard InChI is InChI=1S/C19H19N5O/c1-13-21-16(19(25)24-10-2-3-11-24)12-17(22-13)23-15-8-4-6-14-7-5-9-20-18(14)15/h4-9,12H,2-3,10-11H2,1H3,(H,21,22,23). The van der Waals surface area contributed by atoms with Crippen molar-refractivity contribution in [2.24, 2.45) is 0 Å². The molecule has 1 fully saturated rings. The third kappa shape index (κ3) is 3.15. The maximum Gasteiger partial charge on any atom is 0.272 e. The molecule has 0 unspecified atom stereocenters. The predicted molar refractivity (Wildman–Crippen MR) is 96.9 cm³/mol. The molecular weight excluding hydrogens is 314 g/mol. The Morgan fingerprint density at radius 1 is 1.12 bits per heavy atom. The van der Waals surface area contributed by atoms with Crippen LogP contribution in [0.4, 0.5) is 11.5 Å². The van der Waals surface area contributed by atoms with Crippen molar-refractivity contribution in [1.29, 1.82) is 0 Å². The number of nitrogens with one attached hydrogen (secondary N) is 1. The monoisotopic (exact) mass is 333 g/mol. The van der Waals surface area contributed by atoms with E-state index >= 15 is 0 Å². The molecule has 25 heavy (non-hydrogen) atoms. The van der Waals surface area contributed by atoms with Crippen molar-refractivity contribution in [3.8, 4) is 0 Å². The number of hydrogen-bond donors (Lipinski definition) is 1. The van der Waals surface area contributed by atoms with E-state index in [1.54, 1.807) is 19.2 Å². The fraction of sp³-hybridized carbons (Fsp3) is 0.263. The van der Waals surface area contributed by atoms with Gasteiger partial charge in [0.2, 0.25) is 0 Å². The zero-order valence-corrected chi connectivity index (χ0v) is 14.1. The highest BCUT2D eigenvalue weighted by molar-refractivity contribution is 5.94. The molecule has 0 atom stereocenters. The van der Waals surface area contributed by atoms with E-state index in [9.17, 15) is 4.79 Å². The van der Waals surface area contributed by atoms with E-state index in [1.807, 2.05) is 35.2 Å². The second kappa shape index (κ2) is 6.47. The normalized spacial score (nSPS) is 14.0. The summed E-state index contributed by atoms with van der Waals surface area (Å²) >= 11 is 0. The number of aromatic nitrogens is 3. The molecule has 6 nitrogen and oxygen atoms in total. The van der Waals surface area contributed by atoms with E-state index in [-0.39, 0.29) is 5.91 Å². The number of amides is 1. The fourth-order valence-corrected chi connectivity index (χ4v) is 3.17. The van der Waals surface area contributed by atoms with Gasteiger partial charge >= 0.3 is 0 Å². The lowest BCUT2D eigenvalue weighted by Gasteiger charge is -2.15. The van der Waals surface area contributed by atoms with Gasteiger partial charge in [0.1, 0.15) is 17.3 Å². The number of rotatable bonds is 3. The van der Waals surface area contributed by atoms with Gasteiger partial charge < -0.3 is 10.2 Å². The lowest BCUT2D eigenvalue weighted by Crippen LogP contribution is -2.28. The first kappa shape index (κ1) is 15.5. The zero-order chi connectivity index (χ0) is 17.2. The van der Waals surface area contributed by atoms with Gasteiger partial charge in [-0.05, 0) is 31.9 Å². The highest BCUT2D eigenvalue weighted by atomic mass is 16.2. The fourth-order valence-electron chi connectivity index (χ4n) is 3.17. The number of pyridine rings is 1. The molecule has 3 aromatic rings. The smallest absolute Gasteiger partial charge is 0.272 e. The van der Waals surface area contributed by atoms with Crippen molar-refractivity contribution in [3.05, 3.63) is 54.1 Å². The second-order valence-electron chi connectivity index (χ2n) is 6.19. The average molecular weight is 333 g/mol. The molecule has 3 heterocycles. The van der Waals surface area contributed by atoms with E-state index in [1.165, 1.54) is 0 Å². The van der Waals surface area contributed by atoms with Crippen molar-refractivity contribution in [3.63, 3.8) is 0 Å². The van der Waals surface area contributed by atoms with Crippen molar-refractivity contribution >= 4 is 28.3 Å². The predicted octanol–water partition coefficient (Wildman–Crippen LogP) is 3.31. The van der Waals surface area contributed by atoms with Crippen molar-refractivity contribution in [2.75, 3.05) is 18.4 Å². The third-order valence-electron chi connectivity index (χ3n) is 4.35. The Labute approximate surface area is 145 Å². The molecule has 1 saturated heterocycles. The number of carbonyl (C=O) groups is 1. The van der Waals surface area contributed by atoms with Gasteiger partial charge in [0.15, 0.2) is 0 Å². The van der Waals surface area contributed by atoms with Crippen LogP contribution in [-0.4, -0.2) is 38.8 Å². The zero-order valence-electron chi connectivity index (χ0n) is 14.1. The Morgan fingerprint density at radius 2 is 1.92 bits per heavy atom. The molecule has 6 heteroatoms. The van der Waals surface area contributed by atoms with Gasteiger partial charge in [0, 0.05) is 30.7 Å². The number of anilines is 2. The first-order valence-electron chi connectivity index (χ1n) is 8.46. The van der Waals surface area contributed by atoms with Gasteiger partial charge in [-0.15, -0.1) is 0 Å². The topological polar surface area (TPSA) is 71.0 Å². The van der Waals surface area contributed by atoms with E-state index in [4.69, 9.17) is 0 Å². The van der Waals surface area contributed by atoms with E-state index in [0.29, 0.717) is 17.3 Å². The minimum absolute atomic E-state index is 0.0258. The number of benzene rings is 1. The first-order valence-corrected chi connectivity index (χ1v) is 8.46. The van der Waals surface area contributed by atoms with Crippen LogP contribution in [0.15, 0.2) is 42.6 Å². The lowest BCUT2D eigenvalue weighted by molar-refractivity contribution is 0.0786. The number of aryl methyl sites for hydroxylation is 1. The molecule has 2 aromatic heterocycles. The molecule has 126 valence electrons. The summed E-state index contributed by atoms with van der Waals surface area (Å²) in [6.45, 7) is 3.41. The van der Waals surface area contributed by atoms with Gasteiger partial charge in [0.05, 0.1) is 11.2 Å². The Balaban J connectivity index is 1.67. The molecule has 0 saturated carbocycles. The Bertz CT molecular complexity index is 929. The lowest BCUT2D eigenvalue weighted by atomic mass is 10.2. The molecule has 4 rings (SSSR count). The number of carbonyl (C=O) groups excluding carboxylic acids is 1. The van der Waals surface area contributed by atoms with Crippen molar-refractivity contribution < 1.29 is 4.79 Å². The van der Waals surface area contributed by atoms with Crippen LogP contribution in [0.25, 0.3) is 10.9 Å². The van der Waals surface area contributed by atoms with Crippen LogP contribution in [0.1, 0.15) is 29.2 Å². The van der Waals surface area contributed by atoms with Crippen LogP contribution in [0, 0.1) is 6.92 Å². The van der Waals surface area contributed by atoms with E-state index in [2.05, 4.69) is 20.3 Å². The van der Waals surface area contributed by atoms with Crippen LogP contribution in [-0.2, 0) is 0 Å². The molecule has 1 aliphatic rings. The van der Waals surface area contributed by atoms with Crippen molar-refractivity contribution in [1.82, 2.24) is 19.9 Å². The average Bonchev–Trinajstić information content (AvgIpc) is 3.15. The molecule has 1 aliphatic heterocycles. The Morgan fingerprint density at radius 3 is 2.76 bits per heavy atom. The van der Waals surface area contributed by atoms with Gasteiger partial charge in [-0.1, -0.05) is 18.2 Å². The molecular formula is C19H19N5O. The number of fused-ring (bicyclic) bond motifs is 1. The third-order valence-corrected chi connectivity index (χ3v) is 4.35. The molecule has 0 aliphatic carbocycles. The highest BCUT2D eigenvalue weighted by Crippen LogP contribution is 2.24. The largest absolute Gasteiger partial charge is 0.338 e. The van der Waals surface area contributed by atoms with Crippen LogP contribution in [0.2, 0.25) is 0 Å². The molecule has 1 aromatic carbocycles. The van der Waals surface area contributed by atoms with Crippen LogP contribution in [0.3, 0.4) is 0 Å². The Kier molecular flexibility index (Phi) is 4.01. The highest BCUT2D eigenvalue weighted by Gasteiger charge is 2.21. The molecule has 0 radical (unpaired) electrons. The summed E-state index contributed by atoms with van der Waals surface area (Å²) in [7, 11) is 0. The summed E-state index contributed by atoms with van der Waals surface area (Å²) in [6.07, 6.45) is 3.88. The van der Waals surface area contributed by atoms with Crippen LogP contribution >= 0.6 is 0 Å². The summed E-state index contributed by atoms with van der Waals surface area (Å²) < 4.78 is 0. The van der Waals surface area contributed by atoms with Crippen molar-refractivity contribution in [2.45, 2.75) is 19.8 Å². The number of para-hydroxylation sites is 1. The summed E-state index contributed by atoms with van der Waals surface area (Å²) in [5, 5.41) is 4.34. The molecule has 0 bridgehead atoms. The van der Waals surface area contributed by atoms with Gasteiger partial charge in [0.25, 0.3) is 5.91 Å². The molecule has 1 amide bonds. The summed E-state index contributed by atoms with van der Waals surface area (Å²) in [6, 6.07) is 11.6. The molecule has 1 N–H and O–H groups in total. The van der Waals surface area contributed by atoms with Crippen LogP contribution < -0.4 is 5.32 Å². The maximum absolute atomic E-state index is 12.6. The summed E-state index contributed by atoms with van der Waals surface area (Å²) in [5.41, 5.74) is 2.16. The van der Waals surface area contributed by atoms with Gasteiger partial charge in [-0.3, -0.25) is 9.78 Å². The SMILES string of the molecule is Cc1nc(Nc2cccc3cccnc23)cc(C(=O)N2CCCC2)n1. The maximum atomic E-state index is 12.6. The Hall–Kier alpha value is -3.02. The first-order chi connectivity index (χ1) is 12.2. The van der Waals surface area contributed by atoms with Gasteiger partial charge in [-0.2, -0.15) is 0 Å². The van der Waals surface area contributed by atoms with E-state index < -0.39 is 0 Å². The number of nitrogens with zero attached hydrogens (tertiary/aromatic N) is 4. The second-order valence-corrected chi connectivity index (χ2v) is 6.19. The minimum atomic E-state index is -0.0258. The summed E-state index contributed by atoms with van der Waals surface area (Å²) in [4.78, 5) is 27.7. The van der Waals surface area contributed by atoms with Crippen LogP contribution in [0.5, 0.6) is 0 Å². The molecule has 0 spiro atoms. The van der Waals surface area contributed by atoms with Gasteiger partial charge in [-0.25, -0.2) is 9.97 Å². The number of likely N-dealkylation sites (tertiary alicyclic amines) is 1. The number of hydrogen-bond acceptors (Lipinski definition) is 5. The minimum Gasteiger partial charge on any atom is -0.338 e. The summed E-state index contributed by atoms with van der Waals surface area (Å²) in [5.74, 6) is 1.15. The van der Waals surface area contributed by atoms with E-state index in [0.717, 1.165) is 42.5 Å².